The van der Waals surface area contributed by atoms with Crippen LogP contribution in [0.5, 0.6) is 0 Å². The zero-order chi connectivity index (χ0) is 13.8. The van der Waals surface area contributed by atoms with Gasteiger partial charge in [0.1, 0.15) is 0 Å². The first kappa shape index (κ1) is 14.5. The third-order valence-corrected chi connectivity index (χ3v) is 6.22. The summed E-state index contributed by atoms with van der Waals surface area (Å²) in [7, 11) is 0. The predicted molar refractivity (Wildman–Crippen MR) is 88.5 cm³/mol. The first-order valence-corrected chi connectivity index (χ1v) is 9.24. The van der Waals surface area contributed by atoms with E-state index < -0.39 is 0 Å². The van der Waals surface area contributed by atoms with Crippen LogP contribution >= 0.6 is 11.8 Å². The fourth-order valence-electron chi connectivity index (χ4n) is 3.80. The van der Waals surface area contributed by atoms with E-state index in [0.717, 1.165) is 24.3 Å². The Balaban J connectivity index is 1.38. The largest absolute Gasteiger partial charge is 0.316 e. The molecule has 1 aromatic rings. The van der Waals surface area contributed by atoms with E-state index in [-0.39, 0.29) is 0 Å². The second-order valence-electron chi connectivity index (χ2n) is 6.68. The summed E-state index contributed by atoms with van der Waals surface area (Å²) in [5.41, 5.74) is 1.57. The quantitative estimate of drug-likeness (QED) is 0.790. The molecule has 20 heavy (non-hydrogen) atoms. The number of hydrogen-bond donors (Lipinski definition) is 1. The summed E-state index contributed by atoms with van der Waals surface area (Å²) in [5.74, 6) is 3.93. The molecule has 0 radical (unpaired) electrons. The molecule has 1 aliphatic carbocycles. The lowest BCUT2D eigenvalue weighted by Gasteiger charge is -2.26. The van der Waals surface area contributed by atoms with Crippen LogP contribution in [0.3, 0.4) is 0 Å². The van der Waals surface area contributed by atoms with Crippen LogP contribution in [-0.4, -0.2) is 18.8 Å². The normalized spacial score (nSPS) is 29.4. The summed E-state index contributed by atoms with van der Waals surface area (Å²) in [4.78, 5) is 1.50. The molecule has 1 aromatic carbocycles. The molecule has 1 aliphatic heterocycles. The summed E-state index contributed by atoms with van der Waals surface area (Å²) in [6.07, 6.45) is 7.22. The lowest BCUT2D eigenvalue weighted by Crippen LogP contribution is -2.25. The number of thioether (sulfide) groups is 1. The Morgan fingerprint density at radius 3 is 3.05 bits per heavy atom. The molecule has 2 heteroatoms. The third kappa shape index (κ3) is 3.59. The van der Waals surface area contributed by atoms with E-state index >= 15 is 0 Å². The number of hydrogen-bond acceptors (Lipinski definition) is 2. The van der Waals surface area contributed by atoms with Gasteiger partial charge in [-0.3, -0.25) is 0 Å². The Hall–Kier alpha value is -0.470. The van der Waals surface area contributed by atoms with E-state index in [1.807, 2.05) is 11.8 Å². The molecule has 1 nitrogen and oxygen atoms in total. The molecule has 1 N–H and O–H groups in total. The second kappa shape index (κ2) is 7.00. The molecule has 3 atom stereocenters. The lowest BCUT2D eigenvalue weighted by atomic mass is 9.81. The van der Waals surface area contributed by atoms with Crippen molar-refractivity contribution in [2.24, 2.45) is 11.8 Å². The van der Waals surface area contributed by atoms with Gasteiger partial charge in [-0.15, -0.1) is 11.8 Å². The maximum absolute atomic E-state index is 3.72. The molecule has 3 rings (SSSR count). The molecular weight excluding hydrogens is 262 g/mol. The maximum atomic E-state index is 3.72. The molecule has 2 aliphatic rings. The second-order valence-corrected chi connectivity index (χ2v) is 7.74. The predicted octanol–water partition coefficient (Wildman–Crippen LogP) is 4.68. The van der Waals surface area contributed by atoms with Gasteiger partial charge < -0.3 is 5.32 Å². The van der Waals surface area contributed by atoms with Gasteiger partial charge in [0.2, 0.25) is 0 Å². The Morgan fingerprint density at radius 1 is 1.25 bits per heavy atom. The highest BCUT2D eigenvalue weighted by atomic mass is 32.2. The molecule has 3 unspecified atom stereocenters. The van der Waals surface area contributed by atoms with Crippen LogP contribution in [0.1, 0.15) is 50.5 Å². The smallest absolute Gasteiger partial charge is 0.0108 e. The van der Waals surface area contributed by atoms with Crippen LogP contribution in [0.15, 0.2) is 29.2 Å². The van der Waals surface area contributed by atoms with Crippen molar-refractivity contribution in [3.63, 3.8) is 0 Å². The number of rotatable bonds is 5. The van der Waals surface area contributed by atoms with Crippen molar-refractivity contribution in [2.75, 3.05) is 18.8 Å². The van der Waals surface area contributed by atoms with E-state index in [4.69, 9.17) is 0 Å². The van der Waals surface area contributed by atoms with Gasteiger partial charge in [0.15, 0.2) is 0 Å². The fourth-order valence-corrected chi connectivity index (χ4v) is 5.06. The monoisotopic (exact) mass is 289 g/mol. The van der Waals surface area contributed by atoms with Crippen LogP contribution in [0.25, 0.3) is 0 Å². The summed E-state index contributed by atoms with van der Waals surface area (Å²) < 4.78 is 0. The highest BCUT2D eigenvalue weighted by Gasteiger charge is 2.22. The molecule has 0 saturated heterocycles. The summed E-state index contributed by atoms with van der Waals surface area (Å²) >= 11 is 2.02. The van der Waals surface area contributed by atoms with Crippen molar-refractivity contribution in [3.8, 4) is 0 Å². The standard InChI is InChI=1S/C18H27NS/c1-14-5-4-6-15(11-14)9-10-19-12-16-13-20-18-8-3-2-7-17(16)18/h2-3,7-8,14-16,19H,4-6,9-13H2,1H3. The van der Waals surface area contributed by atoms with Crippen molar-refractivity contribution in [1.29, 1.82) is 0 Å². The molecule has 0 amide bonds. The number of fused-ring (bicyclic) bond motifs is 1. The molecule has 0 bridgehead atoms. The van der Waals surface area contributed by atoms with Crippen molar-refractivity contribution >= 4 is 11.8 Å². The maximum Gasteiger partial charge on any atom is 0.0108 e. The number of nitrogens with one attached hydrogen (secondary N) is 1. The third-order valence-electron chi connectivity index (χ3n) is 4.96. The van der Waals surface area contributed by atoms with Gasteiger partial charge in [0.05, 0.1) is 0 Å². The van der Waals surface area contributed by atoms with Gasteiger partial charge in [0, 0.05) is 23.1 Å². The fraction of sp³-hybridized carbons (Fsp3) is 0.667. The van der Waals surface area contributed by atoms with Crippen LogP contribution in [0.2, 0.25) is 0 Å². The van der Waals surface area contributed by atoms with Gasteiger partial charge in [-0.05, 0) is 42.9 Å². The Labute approximate surface area is 127 Å². The number of benzene rings is 1. The Morgan fingerprint density at radius 2 is 2.15 bits per heavy atom. The topological polar surface area (TPSA) is 12.0 Å². The van der Waals surface area contributed by atoms with Crippen LogP contribution in [0, 0.1) is 11.8 Å². The minimum Gasteiger partial charge on any atom is -0.316 e. The zero-order valence-corrected chi connectivity index (χ0v) is 13.4. The Bertz CT molecular complexity index is 431. The van der Waals surface area contributed by atoms with Crippen molar-refractivity contribution in [2.45, 2.75) is 49.8 Å². The van der Waals surface area contributed by atoms with Gasteiger partial charge in [-0.1, -0.05) is 44.4 Å². The first-order valence-electron chi connectivity index (χ1n) is 8.25. The van der Waals surface area contributed by atoms with E-state index in [1.54, 1.807) is 5.56 Å². The molecular formula is C18H27NS. The lowest BCUT2D eigenvalue weighted by molar-refractivity contribution is 0.267. The molecule has 1 saturated carbocycles. The Kier molecular flexibility index (Phi) is 5.06. The summed E-state index contributed by atoms with van der Waals surface area (Å²) in [6, 6.07) is 8.92. The van der Waals surface area contributed by atoms with E-state index in [2.05, 4.69) is 36.5 Å². The zero-order valence-electron chi connectivity index (χ0n) is 12.6. The van der Waals surface area contributed by atoms with Crippen LogP contribution < -0.4 is 5.32 Å². The highest BCUT2D eigenvalue weighted by molar-refractivity contribution is 7.99. The first-order chi connectivity index (χ1) is 9.83. The average molecular weight is 289 g/mol. The van der Waals surface area contributed by atoms with Crippen molar-refractivity contribution < 1.29 is 0 Å². The summed E-state index contributed by atoms with van der Waals surface area (Å²) in [6.45, 7) is 4.79. The molecule has 110 valence electrons. The van der Waals surface area contributed by atoms with Gasteiger partial charge in [0.25, 0.3) is 0 Å². The SMILES string of the molecule is CC1CCCC(CCNCC2CSc3ccccc32)C1. The minimum absolute atomic E-state index is 0.724. The van der Waals surface area contributed by atoms with E-state index in [1.165, 1.54) is 49.3 Å². The van der Waals surface area contributed by atoms with Gasteiger partial charge >= 0.3 is 0 Å². The average Bonchev–Trinajstić information content (AvgIpc) is 2.87. The minimum atomic E-state index is 0.724. The molecule has 0 spiro atoms. The van der Waals surface area contributed by atoms with Crippen LogP contribution in [-0.2, 0) is 0 Å². The van der Waals surface area contributed by atoms with Crippen molar-refractivity contribution in [3.05, 3.63) is 29.8 Å². The highest BCUT2D eigenvalue weighted by Crippen LogP contribution is 2.38. The summed E-state index contributed by atoms with van der Waals surface area (Å²) in [5, 5.41) is 3.72. The van der Waals surface area contributed by atoms with Gasteiger partial charge in [-0.25, -0.2) is 0 Å². The molecule has 1 heterocycles. The van der Waals surface area contributed by atoms with Gasteiger partial charge in [-0.2, -0.15) is 0 Å². The van der Waals surface area contributed by atoms with Crippen molar-refractivity contribution in [1.82, 2.24) is 5.32 Å². The molecule has 1 fully saturated rings. The van der Waals surface area contributed by atoms with E-state index in [9.17, 15) is 0 Å². The van der Waals surface area contributed by atoms with Crippen LogP contribution in [0.4, 0.5) is 0 Å². The molecule has 0 aromatic heterocycles. The van der Waals surface area contributed by atoms with E-state index in [0.29, 0.717) is 0 Å².